The number of aromatic nitrogens is 1. The molecular formula is C19H22FN3O2. The summed E-state index contributed by atoms with van der Waals surface area (Å²) in [5.41, 5.74) is 0.532. The van der Waals surface area contributed by atoms with E-state index in [2.05, 4.69) is 15.6 Å². The maximum Gasteiger partial charge on any atom is 0.270 e. The van der Waals surface area contributed by atoms with Crippen LogP contribution in [0, 0.1) is 11.2 Å². The molecule has 0 radical (unpaired) electrons. The first kappa shape index (κ1) is 18.6. The second-order valence-corrected chi connectivity index (χ2v) is 6.41. The number of carbonyl (C=O) groups is 2. The quantitative estimate of drug-likeness (QED) is 0.877. The minimum Gasteiger partial charge on any atom is -0.359 e. The lowest BCUT2D eigenvalue weighted by Gasteiger charge is -2.30. The van der Waals surface area contributed by atoms with Crippen LogP contribution in [-0.4, -0.2) is 29.9 Å². The number of nitrogens with one attached hydrogen (secondary N) is 2. The molecule has 0 aliphatic heterocycles. The Hall–Kier alpha value is -2.76. The van der Waals surface area contributed by atoms with E-state index in [9.17, 15) is 14.0 Å². The molecule has 1 aromatic carbocycles. The summed E-state index contributed by atoms with van der Waals surface area (Å²) < 4.78 is 13.4. The third kappa shape index (κ3) is 4.21. The van der Waals surface area contributed by atoms with Gasteiger partial charge in [0, 0.05) is 18.7 Å². The Morgan fingerprint density at radius 2 is 1.84 bits per heavy atom. The molecule has 132 valence electrons. The van der Waals surface area contributed by atoms with Crippen LogP contribution in [0.3, 0.4) is 0 Å². The van der Waals surface area contributed by atoms with E-state index in [0.29, 0.717) is 11.3 Å². The van der Waals surface area contributed by atoms with Crippen LogP contribution in [0.1, 0.15) is 31.3 Å². The highest BCUT2D eigenvalue weighted by Crippen LogP contribution is 2.21. The largest absolute Gasteiger partial charge is 0.359 e. The molecule has 25 heavy (non-hydrogen) atoms. The number of hydrogen-bond acceptors (Lipinski definition) is 3. The zero-order valence-corrected chi connectivity index (χ0v) is 14.8. The normalized spacial score (nSPS) is 12.4. The predicted octanol–water partition coefficient (Wildman–Crippen LogP) is 2.78. The van der Waals surface area contributed by atoms with Crippen LogP contribution in [0.5, 0.6) is 0 Å². The van der Waals surface area contributed by atoms with E-state index < -0.39 is 11.5 Å². The van der Waals surface area contributed by atoms with Gasteiger partial charge in [0.1, 0.15) is 11.5 Å². The standard InChI is InChI=1S/C19H22FN3O2/c1-12(19(2,3)18(25)21-4)22-17(24)16-10-6-9-15(23-16)13-7-5-8-14(20)11-13/h5-12H,1-4H3,(H,21,25)(H,22,24). The minimum absolute atomic E-state index is 0.165. The Bertz CT molecular complexity index is 790. The molecule has 1 aromatic heterocycles. The van der Waals surface area contributed by atoms with Gasteiger partial charge in [-0.2, -0.15) is 0 Å². The van der Waals surface area contributed by atoms with Crippen LogP contribution in [0.15, 0.2) is 42.5 Å². The SMILES string of the molecule is CNC(=O)C(C)(C)C(C)NC(=O)c1cccc(-c2cccc(F)c2)n1. The van der Waals surface area contributed by atoms with Gasteiger partial charge in [0.15, 0.2) is 0 Å². The lowest BCUT2D eigenvalue weighted by atomic mass is 9.84. The first-order chi connectivity index (χ1) is 11.8. The molecule has 0 aliphatic carbocycles. The molecule has 6 heteroatoms. The minimum atomic E-state index is -0.773. The molecule has 0 fully saturated rings. The van der Waals surface area contributed by atoms with Gasteiger partial charge in [0.05, 0.1) is 11.1 Å². The fourth-order valence-corrected chi connectivity index (χ4v) is 2.34. The number of amides is 2. The fraction of sp³-hybridized carbons (Fsp3) is 0.316. The van der Waals surface area contributed by atoms with E-state index in [1.807, 2.05) is 0 Å². The van der Waals surface area contributed by atoms with Crippen molar-refractivity contribution >= 4 is 11.8 Å². The van der Waals surface area contributed by atoms with Gasteiger partial charge in [0.25, 0.3) is 5.91 Å². The summed E-state index contributed by atoms with van der Waals surface area (Å²) in [6, 6.07) is 10.6. The van der Waals surface area contributed by atoms with Crippen LogP contribution in [0.25, 0.3) is 11.3 Å². The number of rotatable bonds is 5. The van der Waals surface area contributed by atoms with Crippen molar-refractivity contribution in [3.63, 3.8) is 0 Å². The molecule has 0 spiro atoms. The molecule has 2 N–H and O–H groups in total. The van der Waals surface area contributed by atoms with E-state index in [-0.39, 0.29) is 23.3 Å². The van der Waals surface area contributed by atoms with Gasteiger partial charge in [-0.05, 0) is 45.0 Å². The molecule has 0 aliphatic rings. The van der Waals surface area contributed by atoms with Crippen LogP contribution in [0.2, 0.25) is 0 Å². The third-order valence-corrected chi connectivity index (χ3v) is 4.34. The highest BCUT2D eigenvalue weighted by atomic mass is 19.1. The topological polar surface area (TPSA) is 71.1 Å². The van der Waals surface area contributed by atoms with Crippen LogP contribution in [0.4, 0.5) is 4.39 Å². The van der Waals surface area contributed by atoms with E-state index >= 15 is 0 Å². The molecule has 0 saturated carbocycles. The van der Waals surface area contributed by atoms with Gasteiger partial charge in [0.2, 0.25) is 5.91 Å². The molecule has 2 amide bonds. The molecular weight excluding hydrogens is 321 g/mol. The van der Waals surface area contributed by atoms with E-state index in [1.54, 1.807) is 58.2 Å². The van der Waals surface area contributed by atoms with E-state index in [4.69, 9.17) is 0 Å². The predicted molar refractivity (Wildman–Crippen MR) is 94.4 cm³/mol. The van der Waals surface area contributed by atoms with Gasteiger partial charge in [-0.1, -0.05) is 18.2 Å². The Morgan fingerprint density at radius 3 is 2.48 bits per heavy atom. The first-order valence-corrected chi connectivity index (χ1v) is 8.01. The fourth-order valence-electron chi connectivity index (χ4n) is 2.34. The zero-order chi connectivity index (χ0) is 18.6. The van der Waals surface area contributed by atoms with Crippen molar-refractivity contribution in [3.8, 4) is 11.3 Å². The molecule has 2 rings (SSSR count). The molecule has 0 saturated heterocycles. The van der Waals surface area contributed by atoms with Crippen molar-refractivity contribution in [1.82, 2.24) is 15.6 Å². The summed E-state index contributed by atoms with van der Waals surface area (Å²) >= 11 is 0. The van der Waals surface area contributed by atoms with E-state index in [1.165, 1.54) is 12.1 Å². The number of nitrogens with zero attached hydrogens (tertiary/aromatic N) is 1. The van der Waals surface area contributed by atoms with Gasteiger partial charge in [-0.3, -0.25) is 9.59 Å². The molecule has 5 nitrogen and oxygen atoms in total. The van der Waals surface area contributed by atoms with Crippen LogP contribution < -0.4 is 10.6 Å². The molecule has 2 aromatic rings. The van der Waals surface area contributed by atoms with Crippen molar-refractivity contribution in [2.45, 2.75) is 26.8 Å². The number of hydrogen-bond donors (Lipinski definition) is 2. The number of benzene rings is 1. The number of carbonyl (C=O) groups excluding carboxylic acids is 2. The Kier molecular flexibility index (Phi) is 5.51. The number of halogens is 1. The molecule has 1 heterocycles. The first-order valence-electron chi connectivity index (χ1n) is 8.01. The van der Waals surface area contributed by atoms with Gasteiger partial charge in [-0.25, -0.2) is 9.37 Å². The van der Waals surface area contributed by atoms with Gasteiger partial charge in [-0.15, -0.1) is 0 Å². The highest BCUT2D eigenvalue weighted by Gasteiger charge is 2.34. The number of pyridine rings is 1. The second kappa shape index (κ2) is 7.42. The summed E-state index contributed by atoms with van der Waals surface area (Å²) in [6.45, 7) is 5.28. The maximum atomic E-state index is 13.4. The zero-order valence-electron chi connectivity index (χ0n) is 14.8. The Labute approximate surface area is 146 Å². The summed E-state index contributed by atoms with van der Waals surface area (Å²) in [6.07, 6.45) is 0. The Morgan fingerprint density at radius 1 is 1.16 bits per heavy atom. The smallest absolute Gasteiger partial charge is 0.270 e. The van der Waals surface area contributed by atoms with Crippen molar-refractivity contribution in [2.75, 3.05) is 7.05 Å². The Balaban J connectivity index is 2.20. The van der Waals surface area contributed by atoms with Gasteiger partial charge < -0.3 is 10.6 Å². The summed E-state index contributed by atoms with van der Waals surface area (Å²) in [7, 11) is 1.56. The van der Waals surface area contributed by atoms with Crippen molar-refractivity contribution in [2.24, 2.45) is 5.41 Å². The van der Waals surface area contributed by atoms with Crippen LogP contribution >= 0.6 is 0 Å². The lowest BCUT2D eigenvalue weighted by molar-refractivity contribution is -0.129. The average molecular weight is 343 g/mol. The molecule has 0 bridgehead atoms. The highest BCUT2D eigenvalue weighted by molar-refractivity contribution is 5.93. The summed E-state index contributed by atoms with van der Waals surface area (Å²) in [4.78, 5) is 28.7. The molecule has 1 atom stereocenters. The van der Waals surface area contributed by atoms with E-state index in [0.717, 1.165) is 0 Å². The lowest BCUT2D eigenvalue weighted by Crippen LogP contribution is -2.50. The second-order valence-electron chi connectivity index (χ2n) is 6.41. The molecule has 1 unspecified atom stereocenters. The monoisotopic (exact) mass is 343 g/mol. The van der Waals surface area contributed by atoms with Crippen LogP contribution in [-0.2, 0) is 4.79 Å². The maximum absolute atomic E-state index is 13.4. The average Bonchev–Trinajstić information content (AvgIpc) is 2.60. The van der Waals surface area contributed by atoms with Gasteiger partial charge >= 0.3 is 0 Å². The van der Waals surface area contributed by atoms with Crippen molar-refractivity contribution in [1.29, 1.82) is 0 Å². The summed E-state index contributed by atoms with van der Waals surface area (Å²) in [5, 5.41) is 5.40. The summed E-state index contributed by atoms with van der Waals surface area (Å²) in [5.74, 6) is -0.917. The van der Waals surface area contributed by atoms with Crippen molar-refractivity contribution in [3.05, 3.63) is 54.0 Å². The van der Waals surface area contributed by atoms with Crippen molar-refractivity contribution < 1.29 is 14.0 Å². The third-order valence-electron chi connectivity index (χ3n) is 4.34.